The van der Waals surface area contributed by atoms with Crippen molar-refractivity contribution in [1.29, 1.82) is 0 Å². The molecule has 2 rings (SSSR count). The minimum absolute atomic E-state index is 0.117. The number of likely N-dealkylation sites (tertiary alicyclic amines) is 1. The van der Waals surface area contributed by atoms with Crippen LogP contribution in [0.5, 0.6) is 0 Å². The Morgan fingerprint density at radius 3 is 2.74 bits per heavy atom. The van der Waals surface area contributed by atoms with Crippen molar-refractivity contribution < 1.29 is 4.79 Å². The summed E-state index contributed by atoms with van der Waals surface area (Å²) in [4.78, 5) is 16.0. The predicted octanol–water partition coefficient (Wildman–Crippen LogP) is 3.62. The number of urea groups is 1. The molecule has 0 spiro atoms. The average Bonchev–Trinajstić information content (AvgIpc) is 2.39. The maximum absolute atomic E-state index is 12.3. The Morgan fingerprint density at radius 1 is 1.42 bits per heavy atom. The fourth-order valence-electron chi connectivity index (χ4n) is 2.42. The molecular weight excluding hydrogens is 260 g/mol. The molecule has 104 valence electrons. The minimum atomic E-state index is 0.117. The van der Waals surface area contributed by atoms with Crippen LogP contribution in [0.3, 0.4) is 0 Å². The van der Waals surface area contributed by atoms with Crippen LogP contribution < -0.4 is 0 Å². The monoisotopic (exact) mass is 280 g/mol. The van der Waals surface area contributed by atoms with Gasteiger partial charge < -0.3 is 9.80 Å². The van der Waals surface area contributed by atoms with Crippen LogP contribution in [0.1, 0.15) is 25.3 Å². The lowest BCUT2D eigenvalue weighted by molar-refractivity contribution is 0.141. The molecule has 19 heavy (non-hydrogen) atoms. The summed E-state index contributed by atoms with van der Waals surface area (Å²) in [5.41, 5.74) is 1.06. The van der Waals surface area contributed by atoms with Gasteiger partial charge in [-0.1, -0.05) is 30.7 Å². The van der Waals surface area contributed by atoms with Crippen LogP contribution in [0.2, 0.25) is 5.02 Å². The van der Waals surface area contributed by atoms with Crippen LogP contribution in [-0.2, 0) is 6.54 Å². The normalized spacial score (nSPS) is 16.5. The number of hydrogen-bond acceptors (Lipinski definition) is 1. The Balaban J connectivity index is 1.92. The SMILES string of the molecule is CC1CCN(C(=O)N(C)Cc2cccc(Cl)c2)CC1. The van der Waals surface area contributed by atoms with Gasteiger partial charge in [-0.05, 0) is 36.5 Å². The highest BCUT2D eigenvalue weighted by Crippen LogP contribution is 2.18. The quantitative estimate of drug-likeness (QED) is 0.812. The van der Waals surface area contributed by atoms with Crippen molar-refractivity contribution in [2.45, 2.75) is 26.3 Å². The summed E-state index contributed by atoms with van der Waals surface area (Å²) >= 11 is 5.96. The highest BCUT2D eigenvalue weighted by molar-refractivity contribution is 6.30. The number of amides is 2. The van der Waals surface area contributed by atoms with Crippen LogP contribution in [0, 0.1) is 5.92 Å². The molecule has 0 radical (unpaired) electrons. The third-order valence-corrected chi connectivity index (χ3v) is 3.92. The minimum Gasteiger partial charge on any atom is -0.325 e. The number of nitrogens with zero attached hydrogens (tertiary/aromatic N) is 2. The van der Waals surface area contributed by atoms with Crippen LogP contribution in [-0.4, -0.2) is 36.0 Å². The molecule has 1 heterocycles. The van der Waals surface area contributed by atoms with Crippen LogP contribution in [0.4, 0.5) is 4.79 Å². The molecule has 4 heteroatoms. The van der Waals surface area contributed by atoms with Gasteiger partial charge in [-0.25, -0.2) is 4.79 Å². The van der Waals surface area contributed by atoms with Gasteiger partial charge in [0.2, 0.25) is 0 Å². The van der Waals surface area contributed by atoms with E-state index < -0.39 is 0 Å². The predicted molar refractivity (Wildman–Crippen MR) is 78.3 cm³/mol. The lowest BCUT2D eigenvalue weighted by Gasteiger charge is -2.33. The van der Waals surface area contributed by atoms with E-state index in [1.165, 1.54) is 0 Å². The lowest BCUT2D eigenvalue weighted by atomic mass is 10.00. The second kappa shape index (κ2) is 6.29. The van der Waals surface area contributed by atoms with E-state index in [0.29, 0.717) is 11.6 Å². The van der Waals surface area contributed by atoms with Crippen molar-refractivity contribution in [1.82, 2.24) is 9.80 Å². The van der Waals surface area contributed by atoms with Crippen molar-refractivity contribution in [3.8, 4) is 0 Å². The van der Waals surface area contributed by atoms with Gasteiger partial charge in [0, 0.05) is 31.7 Å². The number of carbonyl (C=O) groups is 1. The maximum atomic E-state index is 12.3. The number of halogens is 1. The Hall–Kier alpha value is -1.22. The Labute approximate surface area is 120 Å². The lowest BCUT2D eigenvalue weighted by Crippen LogP contribution is -2.44. The Kier molecular flexibility index (Phi) is 4.70. The molecule has 1 aromatic carbocycles. The molecule has 0 N–H and O–H groups in total. The van der Waals surface area contributed by atoms with Crippen LogP contribution in [0.25, 0.3) is 0 Å². The zero-order valence-electron chi connectivity index (χ0n) is 11.6. The average molecular weight is 281 g/mol. The van der Waals surface area contributed by atoms with Crippen molar-refractivity contribution in [2.24, 2.45) is 5.92 Å². The highest BCUT2D eigenvalue weighted by atomic mass is 35.5. The molecule has 0 unspecified atom stereocenters. The van der Waals surface area contributed by atoms with Crippen LogP contribution in [0.15, 0.2) is 24.3 Å². The zero-order valence-corrected chi connectivity index (χ0v) is 12.4. The molecular formula is C15H21ClN2O. The third-order valence-electron chi connectivity index (χ3n) is 3.69. The molecule has 1 fully saturated rings. The van der Waals surface area contributed by atoms with E-state index >= 15 is 0 Å². The Morgan fingerprint density at radius 2 is 2.11 bits per heavy atom. The molecule has 1 aromatic rings. The molecule has 1 aliphatic rings. The maximum Gasteiger partial charge on any atom is 0.320 e. The smallest absolute Gasteiger partial charge is 0.320 e. The van der Waals surface area contributed by atoms with Gasteiger partial charge in [0.05, 0.1) is 0 Å². The molecule has 1 saturated heterocycles. The van der Waals surface area contributed by atoms with Gasteiger partial charge >= 0.3 is 6.03 Å². The van der Waals surface area contributed by atoms with E-state index in [2.05, 4.69) is 6.92 Å². The van der Waals surface area contributed by atoms with Crippen molar-refractivity contribution in [3.05, 3.63) is 34.9 Å². The fourth-order valence-corrected chi connectivity index (χ4v) is 2.63. The summed E-state index contributed by atoms with van der Waals surface area (Å²) in [5, 5.41) is 0.713. The first-order valence-corrected chi connectivity index (χ1v) is 7.18. The highest BCUT2D eigenvalue weighted by Gasteiger charge is 2.22. The van der Waals surface area contributed by atoms with Gasteiger partial charge in [-0.15, -0.1) is 0 Å². The van der Waals surface area contributed by atoms with E-state index in [-0.39, 0.29) is 6.03 Å². The molecule has 0 saturated carbocycles. The largest absolute Gasteiger partial charge is 0.325 e. The summed E-state index contributed by atoms with van der Waals surface area (Å²) in [5.74, 6) is 0.738. The standard InChI is InChI=1S/C15H21ClN2O/c1-12-6-8-18(9-7-12)15(19)17(2)11-13-4-3-5-14(16)10-13/h3-5,10,12H,6-9,11H2,1-2H3. The number of piperidine rings is 1. The van der Waals surface area contributed by atoms with Gasteiger partial charge in [-0.2, -0.15) is 0 Å². The van der Waals surface area contributed by atoms with E-state index in [1.807, 2.05) is 36.2 Å². The van der Waals surface area contributed by atoms with Crippen LogP contribution >= 0.6 is 11.6 Å². The Bertz CT molecular complexity index is 442. The summed E-state index contributed by atoms with van der Waals surface area (Å²) < 4.78 is 0. The van der Waals surface area contributed by atoms with E-state index in [1.54, 1.807) is 4.90 Å². The van der Waals surface area contributed by atoms with Crippen molar-refractivity contribution in [2.75, 3.05) is 20.1 Å². The van der Waals surface area contributed by atoms with Gasteiger partial charge in [-0.3, -0.25) is 0 Å². The number of benzene rings is 1. The second-order valence-corrected chi connectivity index (χ2v) is 5.87. The third kappa shape index (κ3) is 3.87. The van der Waals surface area contributed by atoms with E-state index in [9.17, 15) is 4.79 Å². The van der Waals surface area contributed by atoms with Crippen molar-refractivity contribution >= 4 is 17.6 Å². The molecule has 1 aliphatic heterocycles. The molecule has 2 amide bonds. The summed E-state index contributed by atoms with van der Waals surface area (Å²) in [6.07, 6.45) is 2.22. The first kappa shape index (κ1) is 14.2. The topological polar surface area (TPSA) is 23.6 Å². The zero-order chi connectivity index (χ0) is 13.8. The van der Waals surface area contributed by atoms with E-state index in [0.717, 1.165) is 37.4 Å². The molecule has 0 bridgehead atoms. The summed E-state index contributed by atoms with van der Waals surface area (Å²) in [7, 11) is 1.85. The molecule has 3 nitrogen and oxygen atoms in total. The van der Waals surface area contributed by atoms with Crippen molar-refractivity contribution in [3.63, 3.8) is 0 Å². The summed E-state index contributed by atoms with van der Waals surface area (Å²) in [6.45, 7) is 4.60. The van der Waals surface area contributed by atoms with Gasteiger partial charge in [0.1, 0.15) is 0 Å². The number of rotatable bonds is 2. The molecule has 0 aliphatic carbocycles. The molecule has 0 atom stereocenters. The van der Waals surface area contributed by atoms with E-state index in [4.69, 9.17) is 11.6 Å². The van der Waals surface area contributed by atoms with Gasteiger partial charge in [0.15, 0.2) is 0 Å². The fraction of sp³-hybridized carbons (Fsp3) is 0.533. The number of carbonyl (C=O) groups excluding carboxylic acids is 1. The van der Waals surface area contributed by atoms with Gasteiger partial charge in [0.25, 0.3) is 0 Å². The number of hydrogen-bond donors (Lipinski definition) is 0. The first-order valence-electron chi connectivity index (χ1n) is 6.80. The molecule has 0 aromatic heterocycles. The first-order chi connectivity index (χ1) is 9.06. The summed E-state index contributed by atoms with van der Waals surface area (Å²) in [6, 6.07) is 7.78. The second-order valence-electron chi connectivity index (χ2n) is 5.44.